The van der Waals surface area contributed by atoms with Gasteiger partial charge in [-0.05, 0) is 41.5 Å². The van der Waals surface area contributed by atoms with E-state index in [9.17, 15) is 8.60 Å². The second-order valence-corrected chi connectivity index (χ2v) is 11.8. The molecular weight excluding hydrogens is 491 g/mol. The number of hydrogen-bond acceptors (Lipinski definition) is 8. The van der Waals surface area contributed by atoms with Crippen LogP contribution in [0.4, 0.5) is 27.7 Å². The van der Waals surface area contributed by atoms with Crippen molar-refractivity contribution in [3.8, 4) is 0 Å². The van der Waals surface area contributed by atoms with Crippen LogP contribution in [0.5, 0.6) is 0 Å². The van der Waals surface area contributed by atoms with Crippen LogP contribution in [0.3, 0.4) is 0 Å². The minimum atomic E-state index is -1.07. The average molecular weight is 527 g/mol. The summed E-state index contributed by atoms with van der Waals surface area (Å²) in [6, 6.07) is 8.27. The molecule has 1 aromatic carbocycles. The van der Waals surface area contributed by atoms with Gasteiger partial charge >= 0.3 is 0 Å². The van der Waals surface area contributed by atoms with Crippen LogP contribution in [0.15, 0.2) is 36.7 Å². The van der Waals surface area contributed by atoms with E-state index in [-0.39, 0.29) is 12.6 Å². The third-order valence-electron chi connectivity index (χ3n) is 7.27. The van der Waals surface area contributed by atoms with Gasteiger partial charge in [0.2, 0.25) is 5.95 Å². The van der Waals surface area contributed by atoms with Gasteiger partial charge in [0.05, 0.1) is 12.6 Å². The summed E-state index contributed by atoms with van der Waals surface area (Å²) in [5.41, 5.74) is 2.43. The molecule has 2 fully saturated rings. The lowest BCUT2D eigenvalue weighted by atomic mass is 9.93. The molecule has 8 nitrogen and oxygen atoms in total. The smallest absolute Gasteiger partial charge is 0.227 e. The average Bonchev–Trinajstić information content (AvgIpc) is 2.85. The van der Waals surface area contributed by atoms with Crippen molar-refractivity contribution in [1.82, 2.24) is 15.0 Å². The van der Waals surface area contributed by atoms with Crippen molar-refractivity contribution in [2.45, 2.75) is 38.5 Å². The number of hydrogen-bond donors (Lipinski definition) is 1. The fourth-order valence-corrected chi connectivity index (χ4v) is 6.20. The molecule has 0 radical (unpaired) electrons. The first kappa shape index (κ1) is 25.8. The molecule has 0 bridgehead atoms. The predicted molar refractivity (Wildman–Crippen MR) is 148 cm³/mol. The molecule has 198 valence electrons. The predicted octanol–water partition coefficient (Wildman–Crippen LogP) is 4.27. The van der Waals surface area contributed by atoms with Gasteiger partial charge in [0, 0.05) is 78.9 Å². The summed E-state index contributed by atoms with van der Waals surface area (Å²) in [4.78, 5) is 17.9. The summed E-state index contributed by atoms with van der Waals surface area (Å²) in [6.45, 7) is 7.08. The maximum atomic E-state index is 14.4. The van der Waals surface area contributed by atoms with Crippen molar-refractivity contribution in [3.63, 3.8) is 0 Å². The van der Waals surface area contributed by atoms with E-state index in [2.05, 4.69) is 52.2 Å². The number of rotatable bonds is 8. The standard InChI is InChI=1S/C27H35FN6O2S/c1-17(2)19-5-6-23(34-13-18(14-34)16-37(4)35)21-12-30-26(11-20(19)21)31-25-7-9-29-27(32-25)33-10-8-24(36-3)22(28)15-33/h5-7,9,11-12,17-18,22,24H,8,10,13-16H2,1-4H3,(H,29,30,31,32)/t22-,24+,37?/m0/s1. The van der Waals surface area contributed by atoms with E-state index in [0.717, 1.165) is 29.6 Å². The maximum Gasteiger partial charge on any atom is 0.227 e. The first-order chi connectivity index (χ1) is 17.8. The summed E-state index contributed by atoms with van der Waals surface area (Å²) in [7, 11) is 0.782. The van der Waals surface area contributed by atoms with Crippen molar-refractivity contribution in [2.24, 2.45) is 5.92 Å². The molecule has 2 aliphatic heterocycles. The molecule has 0 aliphatic carbocycles. The number of nitrogens with zero attached hydrogens (tertiary/aromatic N) is 5. The number of alkyl halides is 1. The molecule has 5 rings (SSSR count). The summed E-state index contributed by atoms with van der Waals surface area (Å²) in [5.74, 6) is 3.38. The number of nitrogens with one attached hydrogen (secondary N) is 1. The Morgan fingerprint density at radius 1 is 1.14 bits per heavy atom. The Morgan fingerprint density at radius 3 is 2.65 bits per heavy atom. The highest BCUT2D eigenvalue weighted by Gasteiger charge is 2.31. The number of ether oxygens (including phenoxy) is 1. The molecule has 0 saturated carbocycles. The van der Waals surface area contributed by atoms with E-state index < -0.39 is 17.0 Å². The lowest BCUT2D eigenvalue weighted by Gasteiger charge is -2.41. The van der Waals surface area contributed by atoms with E-state index in [1.807, 2.05) is 11.1 Å². The second-order valence-electron chi connectivity index (χ2n) is 10.3. The van der Waals surface area contributed by atoms with Crippen molar-refractivity contribution in [3.05, 3.63) is 42.2 Å². The van der Waals surface area contributed by atoms with Gasteiger partial charge in [-0.2, -0.15) is 4.98 Å². The van der Waals surface area contributed by atoms with Crippen LogP contribution in [-0.4, -0.2) is 76.7 Å². The topological polar surface area (TPSA) is 83.5 Å². The van der Waals surface area contributed by atoms with Crippen LogP contribution >= 0.6 is 0 Å². The molecular formula is C27H35FN6O2S. The minimum absolute atomic E-state index is 0.211. The van der Waals surface area contributed by atoms with Gasteiger partial charge in [0.1, 0.15) is 17.8 Å². The SMILES string of the molecule is CO[C@@H]1CCN(c2nccc(Nc3cc4c(C(C)C)ccc(N5CC(CS(C)=O)C5)c4cn3)n2)C[C@@H]1F. The highest BCUT2D eigenvalue weighted by molar-refractivity contribution is 7.84. The Kier molecular flexibility index (Phi) is 7.57. The van der Waals surface area contributed by atoms with Crippen LogP contribution in [0.1, 0.15) is 31.7 Å². The van der Waals surface area contributed by atoms with Gasteiger partial charge in [-0.1, -0.05) is 19.9 Å². The molecule has 4 heterocycles. The largest absolute Gasteiger partial charge is 0.378 e. The summed E-state index contributed by atoms with van der Waals surface area (Å²) < 4.78 is 31.2. The second kappa shape index (κ2) is 10.9. The molecule has 0 amide bonds. The third kappa shape index (κ3) is 5.55. The van der Waals surface area contributed by atoms with Crippen molar-refractivity contribution in [1.29, 1.82) is 0 Å². The molecule has 1 unspecified atom stereocenters. The van der Waals surface area contributed by atoms with Crippen molar-refractivity contribution < 1.29 is 13.3 Å². The molecule has 0 spiro atoms. The summed E-state index contributed by atoms with van der Waals surface area (Å²) >= 11 is 0. The first-order valence-electron chi connectivity index (χ1n) is 12.8. The van der Waals surface area contributed by atoms with E-state index in [0.29, 0.717) is 42.4 Å². The maximum absolute atomic E-state index is 14.4. The van der Waals surface area contributed by atoms with Gasteiger partial charge in [0.25, 0.3) is 0 Å². The van der Waals surface area contributed by atoms with Gasteiger partial charge < -0.3 is 19.9 Å². The van der Waals surface area contributed by atoms with Crippen LogP contribution in [-0.2, 0) is 15.5 Å². The summed E-state index contributed by atoms with van der Waals surface area (Å²) in [5, 5.41) is 5.60. The Bertz CT molecular complexity index is 1280. The zero-order valence-corrected chi connectivity index (χ0v) is 22.7. The van der Waals surface area contributed by atoms with Crippen molar-refractivity contribution in [2.75, 3.05) is 60.4 Å². The molecule has 2 saturated heterocycles. The quantitative estimate of drug-likeness (QED) is 0.466. The van der Waals surface area contributed by atoms with E-state index in [1.54, 1.807) is 25.6 Å². The lowest BCUT2D eigenvalue weighted by Crippen LogP contribution is -2.49. The Labute approximate surface area is 220 Å². The van der Waals surface area contributed by atoms with Gasteiger partial charge in [-0.15, -0.1) is 0 Å². The normalized spacial score (nSPS) is 21.4. The molecule has 2 aromatic heterocycles. The monoisotopic (exact) mass is 526 g/mol. The highest BCUT2D eigenvalue weighted by atomic mass is 32.2. The fourth-order valence-electron chi connectivity index (χ4n) is 5.33. The number of piperidine rings is 1. The summed E-state index contributed by atoms with van der Waals surface area (Å²) in [6.07, 6.45) is 4.53. The lowest BCUT2D eigenvalue weighted by molar-refractivity contribution is 0.0194. The number of halogens is 1. The molecule has 1 N–H and O–H groups in total. The van der Waals surface area contributed by atoms with E-state index >= 15 is 0 Å². The molecule has 2 aliphatic rings. The Hall–Kier alpha value is -2.85. The molecule has 10 heteroatoms. The fraction of sp³-hybridized carbons (Fsp3) is 0.519. The highest BCUT2D eigenvalue weighted by Crippen LogP contribution is 2.37. The molecule has 3 aromatic rings. The molecule has 3 atom stereocenters. The zero-order valence-electron chi connectivity index (χ0n) is 21.9. The number of aromatic nitrogens is 3. The first-order valence-corrected chi connectivity index (χ1v) is 14.5. The van der Waals surface area contributed by atoms with Gasteiger partial charge in [-0.25, -0.2) is 14.4 Å². The Balaban J connectivity index is 1.38. The Morgan fingerprint density at radius 2 is 1.95 bits per heavy atom. The molecule has 37 heavy (non-hydrogen) atoms. The van der Waals surface area contributed by atoms with Crippen LogP contribution in [0.2, 0.25) is 0 Å². The number of benzene rings is 1. The van der Waals surface area contributed by atoms with Crippen LogP contribution in [0, 0.1) is 5.92 Å². The van der Waals surface area contributed by atoms with Crippen molar-refractivity contribution >= 4 is 44.8 Å². The minimum Gasteiger partial charge on any atom is -0.378 e. The number of methoxy groups -OCH3 is 1. The zero-order chi connectivity index (χ0) is 26.1. The van der Waals surface area contributed by atoms with E-state index in [1.165, 1.54) is 11.3 Å². The van der Waals surface area contributed by atoms with E-state index in [4.69, 9.17) is 9.72 Å². The number of fused-ring (bicyclic) bond motifs is 1. The van der Waals surface area contributed by atoms with Gasteiger partial charge in [0.15, 0.2) is 0 Å². The van der Waals surface area contributed by atoms with Crippen LogP contribution in [0.25, 0.3) is 10.8 Å². The number of anilines is 4. The van der Waals surface area contributed by atoms with Crippen LogP contribution < -0.4 is 15.1 Å². The van der Waals surface area contributed by atoms with Gasteiger partial charge in [-0.3, -0.25) is 4.21 Å². The third-order valence-corrected chi connectivity index (χ3v) is 8.21. The number of pyridine rings is 1.